The Morgan fingerprint density at radius 1 is 0.389 bits per heavy atom. The van der Waals surface area contributed by atoms with E-state index in [2.05, 4.69) is 68.4 Å². The molecule has 0 aromatic heterocycles. The van der Waals surface area contributed by atoms with Gasteiger partial charge in [0.05, 0.1) is 112 Å². The molecule has 310 valence electrons. The molecule has 1 unspecified atom stereocenters. The number of rotatable bonds is 41. The predicted octanol–water partition coefficient (Wildman–Crippen LogP) is 7.78. The van der Waals surface area contributed by atoms with Crippen LogP contribution >= 0.6 is 0 Å². The van der Waals surface area contributed by atoms with Crippen LogP contribution in [0.1, 0.15) is 76.3 Å². The Morgan fingerprint density at radius 3 is 1.22 bits per heavy atom. The summed E-state index contributed by atoms with van der Waals surface area (Å²) in [4.78, 5) is 0. The Kier molecular flexibility index (Phi) is 33.6. The van der Waals surface area contributed by atoms with Crippen LogP contribution in [0.3, 0.4) is 0 Å². The van der Waals surface area contributed by atoms with E-state index in [1.807, 2.05) is 0 Å². The molecule has 2 aromatic rings. The Morgan fingerprint density at radius 2 is 0.778 bits per heavy atom. The SMILES string of the molecule is CCCCCCCCCc1ccc(OCCOCCOCCOCCOCCOCCOCCOCCOCCOCCC(C)Cc2ccccc2)cc1. The number of aryl methyl sites for hydroxylation is 1. The minimum Gasteiger partial charge on any atom is -0.491 e. The molecule has 0 saturated carbocycles. The summed E-state index contributed by atoms with van der Waals surface area (Å²) < 4.78 is 55.9. The second-order valence-electron chi connectivity index (χ2n) is 13.5. The molecule has 0 heterocycles. The molecule has 0 saturated heterocycles. The van der Waals surface area contributed by atoms with E-state index >= 15 is 0 Å². The number of hydrogen-bond acceptors (Lipinski definition) is 10. The van der Waals surface area contributed by atoms with Crippen LogP contribution in [0.25, 0.3) is 0 Å². The van der Waals surface area contributed by atoms with E-state index in [9.17, 15) is 0 Å². The average Bonchev–Trinajstić information content (AvgIpc) is 3.19. The third-order valence-electron chi connectivity index (χ3n) is 8.65. The summed E-state index contributed by atoms with van der Waals surface area (Å²) in [5.41, 5.74) is 2.76. The van der Waals surface area contributed by atoms with Gasteiger partial charge in [-0.15, -0.1) is 0 Å². The minimum atomic E-state index is 0.521. The molecule has 0 aliphatic carbocycles. The maximum absolute atomic E-state index is 5.79. The van der Waals surface area contributed by atoms with E-state index in [4.69, 9.17) is 47.4 Å². The molecular weight excluding hydrogens is 688 g/mol. The average molecular weight is 763 g/mol. The van der Waals surface area contributed by atoms with Gasteiger partial charge in [-0.1, -0.05) is 94.8 Å². The normalized spacial score (nSPS) is 12.0. The zero-order chi connectivity index (χ0) is 38.3. The quantitative estimate of drug-likeness (QED) is 0.0626. The molecule has 2 aromatic carbocycles. The molecule has 0 fully saturated rings. The van der Waals surface area contributed by atoms with Gasteiger partial charge in [-0.2, -0.15) is 0 Å². The smallest absolute Gasteiger partial charge is 0.119 e. The number of benzene rings is 2. The molecule has 54 heavy (non-hydrogen) atoms. The highest BCUT2D eigenvalue weighted by atomic mass is 16.6. The standard InChI is InChI=1S/C44H74O10/c1-3-4-5-6-7-8-10-13-42-16-18-44(19-17-42)54-39-38-53-37-36-52-35-34-51-33-32-50-31-30-49-29-28-48-27-26-47-25-24-46-23-22-45-21-20-41(2)40-43-14-11-9-12-15-43/h9,11-12,14-19,41H,3-8,10,13,20-40H2,1-2H3. The summed E-state index contributed by atoms with van der Waals surface area (Å²) >= 11 is 0. The van der Waals surface area contributed by atoms with E-state index in [1.165, 1.54) is 56.1 Å². The van der Waals surface area contributed by atoms with Gasteiger partial charge < -0.3 is 47.4 Å². The lowest BCUT2D eigenvalue weighted by atomic mass is 9.99. The molecule has 10 heteroatoms. The molecule has 0 radical (unpaired) electrons. The molecule has 0 N–H and O–H groups in total. The highest BCUT2D eigenvalue weighted by Gasteiger charge is 2.04. The predicted molar refractivity (Wildman–Crippen MR) is 215 cm³/mol. The number of unbranched alkanes of at least 4 members (excludes halogenated alkanes) is 6. The lowest BCUT2D eigenvalue weighted by molar-refractivity contribution is -0.0255. The molecule has 1 atom stereocenters. The van der Waals surface area contributed by atoms with Crippen molar-refractivity contribution in [3.05, 3.63) is 65.7 Å². The fourth-order valence-corrected chi connectivity index (χ4v) is 5.52. The number of ether oxygens (including phenoxy) is 10. The van der Waals surface area contributed by atoms with E-state index in [0.717, 1.165) is 31.6 Å². The van der Waals surface area contributed by atoms with E-state index in [0.29, 0.717) is 125 Å². The first kappa shape index (κ1) is 48.0. The summed E-state index contributed by atoms with van der Waals surface area (Å²) in [7, 11) is 0. The van der Waals surface area contributed by atoms with E-state index < -0.39 is 0 Å². The third-order valence-corrected chi connectivity index (χ3v) is 8.65. The lowest BCUT2D eigenvalue weighted by Crippen LogP contribution is -2.15. The lowest BCUT2D eigenvalue weighted by Gasteiger charge is -2.12. The van der Waals surface area contributed by atoms with Crippen molar-refractivity contribution in [2.45, 2.75) is 78.1 Å². The van der Waals surface area contributed by atoms with Gasteiger partial charge in [0.2, 0.25) is 0 Å². The van der Waals surface area contributed by atoms with Crippen LogP contribution in [0.5, 0.6) is 5.75 Å². The van der Waals surface area contributed by atoms with Crippen molar-refractivity contribution in [2.24, 2.45) is 5.92 Å². The van der Waals surface area contributed by atoms with Gasteiger partial charge >= 0.3 is 0 Å². The first-order chi connectivity index (χ1) is 26.8. The minimum absolute atomic E-state index is 0.521. The highest BCUT2D eigenvalue weighted by molar-refractivity contribution is 5.27. The van der Waals surface area contributed by atoms with Crippen molar-refractivity contribution in [3.63, 3.8) is 0 Å². The molecule has 0 aliphatic rings. The maximum atomic E-state index is 5.79. The molecule has 0 spiro atoms. The second kappa shape index (κ2) is 37.8. The summed E-state index contributed by atoms with van der Waals surface area (Å²) in [6, 6.07) is 19.1. The van der Waals surface area contributed by atoms with E-state index in [-0.39, 0.29) is 0 Å². The van der Waals surface area contributed by atoms with Crippen LogP contribution < -0.4 is 4.74 Å². The van der Waals surface area contributed by atoms with Crippen molar-refractivity contribution in [3.8, 4) is 5.75 Å². The van der Waals surface area contributed by atoms with Gasteiger partial charge in [-0.25, -0.2) is 0 Å². The van der Waals surface area contributed by atoms with Crippen LogP contribution in [-0.4, -0.2) is 126 Å². The van der Waals surface area contributed by atoms with Crippen LogP contribution in [0.15, 0.2) is 54.6 Å². The van der Waals surface area contributed by atoms with Crippen molar-refractivity contribution < 1.29 is 47.4 Å². The van der Waals surface area contributed by atoms with Crippen molar-refractivity contribution in [2.75, 3.05) is 126 Å². The van der Waals surface area contributed by atoms with Crippen LogP contribution in [0, 0.1) is 5.92 Å². The molecule has 2 rings (SSSR count). The van der Waals surface area contributed by atoms with Crippen LogP contribution in [0.4, 0.5) is 0 Å². The van der Waals surface area contributed by atoms with Crippen molar-refractivity contribution in [1.29, 1.82) is 0 Å². The van der Waals surface area contributed by atoms with E-state index in [1.54, 1.807) is 0 Å². The molecule has 0 bridgehead atoms. The van der Waals surface area contributed by atoms with Crippen molar-refractivity contribution in [1.82, 2.24) is 0 Å². The van der Waals surface area contributed by atoms with Crippen LogP contribution in [0.2, 0.25) is 0 Å². The monoisotopic (exact) mass is 763 g/mol. The van der Waals surface area contributed by atoms with Gasteiger partial charge in [0.25, 0.3) is 0 Å². The summed E-state index contributed by atoms with van der Waals surface area (Å²) in [5, 5.41) is 0. The Balaban J connectivity index is 1.18. The second-order valence-corrected chi connectivity index (χ2v) is 13.5. The topological polar surface area (TPSA) is 92.3 Å². The summed E-state index contributed by atoms with van der Waals surface area (Å²) in [5.74, 6) is 1.49. The Hall–Kier alpha value is -2.12. The fourth-order valence-electron chi connectivity index (χ4n) is 5.52. The number of hydrogen-bond donors (Lipinski definition) is 0. The van der Waals surface area contributed by atoms with Gasteiger partial charge in [0.15, 0.2) is 0 Å². The molecular formula is C44H74O10. The zero-order valence-corrected chi connectivity index (χ0v) is 33.9. The zero-order valence-electron chi connectivity index (χ0n) is 33.9. The van der Waals surface area contributed by atoms with Gasteiger partial charge in [-0.3, -0.25) is 0 Å². The van der Waals surface area contributed by atoms with Gasteiger partial charge in [0, 0.05) is 6.61 Å². The third kappa shape index (κ3) is 31.1. The molecule has 0 aliphatic heterocycles. The first-order valence-corrected chi connectivity index (χ1v) is 20.7. The first-order valence-electron chi connectivity index (χ1n) is 20.7. The van der Waals surface area contributed by atoms with Crippen LogP contribution in [-0.2, 0) is 55.5 Å². The molecule has 10 nitrogen and oxygen atoms in total. The van der Waals surface area contributed by atoms with Gasteiger partial charge in [0.1, 0.15) is 12.4 Å². The highest BCUT2D eigenvalue weighted by Crippen LogP contribution is 2.15. The summed E-state index contributed by atoms with van der Waals surface area (Å²) in [6.45, 7) is 15.0. The largest absolute Gasteiger partial charge is 0.491 e. The Labute approximate surface area is 327 Å². The Bertz CT molecular complexity index is 1030. The van der Waals surface area contributed by atoms with Gasteiger partial charge in [-0.05, 0) is 54.9 Å². The maximum Gasteiger partial charge on any atom is 0.119 e. The fraction of sp³-hybridized carbons (Fsp3) is 0.727. The summed E-state index contributed by atoms with van der Waals surface area (Å²) in [6.07, 6.45) is 12.7. The van der Waals surface area contributed by atoms with Crippen molar-refractivity contribution >= 4 is 0 Å². The molecule has 0 amide bonds.